The molecule has 0 aliphatic heterocycles. The van der Waals surface area contributed by atoms with Crippen LogP contribution in [0, 0.1) is 0 Å². The Balaban J connectivity index is 2.17. The van der Waals surface area contributed by atoms with Crippen LogP contribution < -0.4 is 0 Å². The van der Waals surface area contributed by atoms with Crippen molar-refractivity contribution in [3.63, 3.8) is 0 Å². The number of carboxylic acid groups (broad SMARTS) is 1. The van der Waals surface area contributed by atoms with Gasteiger partial charge in [-0.2, -0.15) is 0 Å². The molecule has 1 aromatic carbocycles. The van der Waals surface area contributed by atoms with Crippen molar-refractivity contribution in [2.24, 2.45) is 0 Å². The van der Waals surface area contributed by atoms with Gasteiger partial charge in [0.15, 0.2) is 11.8 Å². The summed E-state index contributed by atoms with van der Waals surface area (Å²) < 4.78 is 1.22. The summed E-state index contributed by atoms with van der Waals surface area (Å²) in [5.74, 6) is -1.47. The van der Waals surface area contributed by atoms with Crippen LogP contribution in [0.5, 0.6) is 23.3 Å². The molecule has 0 saturated carbocycles. The Morgan fingerprint density at radius 2 is 1.77 bits per heavy atom. The van der Waals surface area contributed by atoms with Gasteiger partial charge >= 0.3 is 5.97 Å². The highest BCUT2D eigenvalue weighted by Gasteiger charge is 2.16. The average Bonchev–Trinajstić information content (AvgIpc) is 2.69. The summed E-state index contributed by atoms with van der Waals surface area (Å²) in [6.07, 6.45) is 0.373. The van der Waals surface area contributed by atoms with Crippen LogP contribution in [-0.4, -0.2) is 36.1 Å². The molecule has 0 radical (unpaired) electrons. The van der Waals surface area contributed by atoms with E-state index in [1.54, 1.807) is 0 Å². The van der Waals surface area contributed by atoms with Gasteiger partial charge in [0.2, 0.25) is 0 Å². The monoisotopic (exact) mass is 307 g/mol. The molecule has 1 heterocycles. The number of phenolic OH excluding ortho intramolecular Hbond substituents is 2. The van der Waals surface area contributed by atoms with Gasteiger partial charge in [-0.15, -0.1) is 0 Å². The molecule has 0 atom stereocenters. The third kappa shape index (κ3) is 3.43. The molecule has 0 saturated heterocycles. The summed E-state index contributed by atoms with van der Waals surface area (Å²) in [6, 6.07) is 5.48. The molecular formula is C15H17NO6. The second-order valence-electron chi connectivity index (χ2n) is 4.99. The van der Waals surface area contributed by atoms with Crippen molar-refractivity contribution in [3.05, 3.63) is 35.4 Å². The first-order chi connectivity index (χ1) is 10.4. The maximum Gasteiger partial charge on any atom is 0.303 e. The first kappa shape index (κ1) is 15.6. The Labute approximate surface area is 126 Å². The zero-order valence-corrected chi connectivity index (χ0v) is 11.7. The van der Waals surface area contributed by atoms with Crippen LogP contribution in [0.15, 0.2) is 24.3 Å². The molecule has 0 unspecified atom stereocenters. The lowest BCUT2D eigenvalue weighted by Gasteiger charge is -2.07. The molecule has 0 aliphatic carbocycles. The van der Waals surface area contributed by atoms with Crippen molar-refractivity contribution in [3.8, 4) is 23.3 Å². The molecule has 1 aromatic heterocycles. The maximum atomic E-state index is 10.5. The standard InChI is InChI=1S/C15H17NO6/c17-11-4-3-9(12(18)8-11)6-10-7-13(19)16(15(10)22)5-1-2-14(20)21/h3-4,7-8,17-19,22H,1-2,5-6H2,(H,20,21). The highest BCUT2D eigenvalue weighted by molar-refractivity contribution is 5.66. The predicted molar refractivity (Wildman–Crippen MR) is 77.2 cm³/mol. The van der Waals surface area contributed by atoms with Gasteiger partial charge in [0.1, 0.15) is 11.5 Å². The Hall–Kier alpha value is -2.83. The minimum atomic E-state index is -0.944. The summed E-state index contributed by atoms with van der Waals surface area (Å²) in [5.41, 5.74) is 0.879. The Morgan fingerprint density at radius 3 is 2.41 bits per heavy atom. The minimum Gasteiger partial charge on any atom is -0.508 e. The van der Waals surface area contributed by atoms with Crippen molar-refractivity contribution >= 4 is 5.97 Å². The van der Waals surface area contributed by atoms with E-state index >= 15 is 0 Å². The lowest BCUT2D eigenvalue weighted by molar-refractivity contribution is -0.137. The molecule has 0 aliphatic rings. The fourth-order valence-corrected chi connectivity index (χ4v) is 2.23. The number of benzene rings is 1. The Morgan fingerprint density at radius 1 is 1.05 bits per heavy atom. The smallest absolute Gasteiger partial charge is 0.303 e. The molecule has 0 amide bonds. The van der Waals surface area contributed by atoms with Gasteiger partial charge in [0, 0.05) is 37.1 Å². The second-order valence-corrected chi connectivity index (χ2v) is 4.99. The quantitative estimate of drug-likeness (QED) is 0.554. The number of aromatic nitrogens is 1. The lowest BCUT2D eigenvalue weighted by Crippen LogP contribution is -2.01. The normalized spacial score (nSPS) is 10.7. The van der Waals surface area contributed by atoms with Crippen molar-refractivity contribution in [2.45, 2.75) is 25.8 Å². The number of aliphatic carboxylic acids is 1. The van der Waals surface area contributed by atoms with Gasteiger partial charge in [-0.3, -0.25) is 9.36 Å². The van der Waals surface area contributed by atoms with Gasteiger partial charge in [-0.05, 0) is 18.1 Å². The fourth-order valence-electron chi connectivity index (χ4n) is 2.23. The highest BCUT2D eigenvalue weighted by atomic mass is 16.4. The molecule has 5 N–H and O–H groups in total. The molecule has 2 aromatic rings. The second kappa shape index (κ2) is 6.30. The maximum absolute atomic E-state index is 10.5. The van der Waals surface area contributed by atoms with Crippen LogP contribution >= 0.6 is 0 Å². The molecule has 7 nitrogen and oxygen atoms in total. The van der Waals surface area contributed by atoms with Crippen LogP contribution in [0.2, 0.25) is 0 Å². The van der Waals surface area contributed by atoms with Gasteiger partial charge < -0.3 is 25.5 Å². The largest absolute Gasteiger partial charge is 0.508 e. The number of hydrogen-bond acceptors (Lipinski definition) is 5. The van der Waals surface area contributed by atoms with E-state index in [0.29, 0.717) is 11.1 Å². The lowest BCUT2D eigenvalue weighted by atomic mass is 10.1. The van der Waals surface area contributed by atoms with Crippen LogP contribution in [0.1, 0.15) is 24.0 Å². The van der Waals surface area contributed by atoms with Crippen molar-refractivity contribution in [1.82, 2.24) is 4.57 Å². The van der Waals surface area contributed by atoms with E-state index in [0.717, 1.165) is 0 Å². The number of carboxylic acids is 1. The third-order valence-corrected chi connectivity index (χ3v) is 3.34. The van der Waals surface area contributed by atoms with Gasteiger partial charge in [0.25, 0.3) is 0 Å². The summed E-state index contributed by atoms with van der Waals surface area (Å²) >= 11 is 0. The number of rotatable bonds is 6. The SMILES string of the molecule is O=C(O)CCCn1c(O)cc(Cc2ccc(O)cc2O)c1O. The van der Waals surface area contributed by atoms with E-state index in [9.17, 15) is 25.2 Å². The number of carbonyl (C=O) groups is 1. The summed E-state index contributed by atoms with van der Waals surface area (Å²) in [4.78, 5) is 10.5. The minimum absolute atomic E-state index is 0.0643. The topological polar surface area (TPSA) is 123 Å². The van der Waals surface area contributed by atoms with E-state index in [2.05, 4.69) is 0 Å². The fraction of sp³-hybridized carbons (Fsp3) is 0.267. The number of aromatic hydroxyl groups is 4. The van der Waals surface area contributed by atoms with E-state index in [-0.39, 0.29) is 49.1 Å². The van der Waals surface area contributed by atoms with Crippen LogP contribution in [0.4, 0.5) is 0 Å². The van der Waals surface area contributed by atoms with E-state index < -0.39 is 5.97 Å². The number of hydrogen-bond donors (Lipinski definition) is 5. The molecule has 22 heavy (non-hydrogen) atoms. The molecule has 118 valence electrons. The first-order valence-electron chi connectivity index (χ1n) is 6.71. The summed E-state index contributed by atoms with van der Waals surface area (Å²) in [7, 11) is 0. The average molecular weight is 307 g/mol. The molecule has 7 heteroatoms. The summed E-state index contributed by atoms with van der Waals surface area (Å²) in [6.45, 7) is 0.172. The molecule has 0 spiro atoms. The molecule has 0 fully saturated rings. The third-order valence-electron chi connectivity index (χ3n) is 3.34. The van der Waals surface area contributed by atoms with Crippen LogP contribution in [-0.2, 0) is 17.8 Å². The zero-order chi connectivity index (χ0) is 16.3. The van der Waals surface area contributed by atoms with Gasteiger partial charge in [0.05, 0.1) is 0 Å². The van der Waals surface area contributed by atoms with Gasteiger partial charge in [-0.1, -0.05) is 6.07 Å². The Bertz CT molecular complexity index is 692. The van der Waals surface area contributed by atoms with Crippen LogP contribution in [0.25, 0.3) is 0 Å². The highest BCUT2D eigenvalue weighted by Crippen LogP contribution is 2.32. The van der Waals surface area contributed by atoms with E-state index in [4.69, 9.17) is 5.11 Å². The Kier molecular flexibility index (Phi) is 4.45. The van der Waals surface area contributed by atoms with Crippen molar-refractivity contribution < 1.29 is 30.3 Å². The van der Waals surface area contributed by atoms with Crippen molar-refractivity contribution in [1.29, 1.82) is 0 Å². The molecule has 2 rings (SSSR count). The van der Waals surface area contributed by atoms with Gasteiger partial charge in [-0.25, -0.2) is 0 Å². The molecular weight excluding hydrogens is 290 g/mol. The molecule has 0 bridgehead atoms. The van der Waals surface area contributed by atoms with E-state index in [1.807, 2.05) is 0 Å². The number of phenols is 2. The van der Waals surface area contributed by atoms with Crippen molar-refractivity contribution in [2.75, 3.05) is 0 Å². The number of nitrogens with zero attached hydrogens (tertiary/aromatic N) is 1. The predicted octanol–water partition coefficient (Wildman–Crippen LogP) is 1.77. The zero-order valence-electron chi connectivity index (χ0n) is 11.7. The first-order valence-corrected chi connectivity index (χ1v) is 6.71. The van der Waals surface area contributed by atoms with Crippen LogP contribution in [0.3, 0.4) is 0 Å². The summed E-state index contributed by atoms with van der Waals surface area (Å²) in [5, 5.41) is 47.5. The van der Waals surface area contributed by atoms with E-state index in [1.165, 1.54) is 28.8 Å².